The molecule has 0 aromatic heterocycles. The van der Waals surface area contributed by atoms with Crippen LogP contribution in [0.1, 0.15) is 35.1 Å². The summed E-state index contributed by atoms with van der Waals surface area (Å²) < 4.78 is 28.5. The van der Waals surface area contributed by atoms with E-state index in [0.29, 0.717) is 53.0 Å². The Balaban J connectivity index is 1.48. The number of nitrogens with one attached hydrogen (secondary N) is 2. The molecule has 4 aliphatic rings. The van der Waals surface area contributed by atoms with Crippen LogP contribution in [0.2, 0.25) is 0 Å². The molecule has 11 heteroatoms. The Kier molecular flexibility index (Phi) is 6.35. The number of carbonyl (C=O) groups is 2. The number of rotatable bonds is 5. The Morgan fingerprint density at radius 3 is 2.49 bits per heavy atom. The molecular formula is C32H32N4O7. The van der Waals surface area contributed by atoms with E-state index in [0.717, 1.165) is 28.7 Å². The summed E-state index contributed by atoms with van der Waals surface area (Å²) in [6.07, 6.45) is 0.721. The molecule has 3 aromatic carbocycles. The first-order valence-electron chi connectivity index (χ1n) is 14.1. The molecule has 4 heterocycles. The first kappa shape index (κ1) is 27.0. The second-order valence-corrected chi connectivity index (χ2v) is 10.8. The lowest BCUT2D eigenvalue weighted by Gasteiger charge is -2.57. The SMILES string of the molecule is COC(=O)C1=C(C)N(NC(=O)Nc2ccccc2)C23c4cc5c(cc4CCN2Cc2c(ccc(OC)c2OC)C13)OCO5. The fourth-order valence-corrected chi connectivity index (χ4v) is 7.17. The molecule has 2 N–H and O–H groups in total. The van der Waals surface area contributed by atoms with E-state index >= 15 is 0 Å². The highest BCUT2D eigenvalue weighted by Gasteiger charge is 2.64. The summed E-state index contributed by atoms with van der Waals surface area (Å²) in [5.74, 6) is 1.46. The lowest BCUT2D eigenvalue weighted by molar-refractivity contribution is -0.137. The Hall–Kier alpha value is -4.90. The maximum absolute atomic E-state index is 13.7. The summed E-state index contributed by atoms with van der Waals surface area (Å²) in [4.78, 5) is 29.6. The number of ether oxygens (including phenoxy) is 5. The number of urea groups is 1. The van der Waals surface area contributed by atoms with Gasteiger partial charge in [0.15, 0.2) is 28.7 Å². The number of carbonyl (C=O) groups excluding carboxylic acids is 2. The van der Waals surface area contributed by atoms with Crippen molar-refractivity contribution in [2.24, 2.45) is 0 Å². The number of para-hydroxylation sites is 1. The molecule has 0 fully saturated rings. The van der Waals surface area contributed by atoms with Gasteiger partial charge in [-0.3, -0.25) is 9.91 Å². The summed E-state index contributed by atoms with van der Waals surface area (Å²) in [7, 11) is 4.59. The molecule has 2 atom stereocenters. The summed E-state index contributed by atoms with van der Waals surface area (Å²) in [5.41, 5.74) is 7.46. The van der Waals surface area contributed by atoms with Gasteiger partial charge in [-0.25, -0.2) is 15.0 Å². The number of hydrogen-bond donors (Lipinski definition) is 2. The van der Waals surface area contributed by atoms with Gasteiger partial charge >= 0.3 is 12.0 Å². The number of hydrazine groups is 1. The maximum Gasteiger partial charge on any atom is 0.338 e. The second-order valence-electron chi connectivity index (χ2n) is 10.8. The van der Waals surface area contributed by atoms with Crippen molar-refractivity contribution in [2.45, 2.75) is 31.5 Å². The molecule has 0 aliphatic carbocycles. The fraction of sp³-hybridized carbons (Fsp3) is 0.312. The first-order valence-corrected chi connectivity index (χ1v) is 14.1. The summed E-state index contributed by atoms with van der Waals surface area (Å²) in [6, 6.07) is 16.6. The van der Waals surface area contributed by atoms with Gasteiger partial charge in [-0.1, -0.05) is 24.3 Å². The average Bonchev–Trinajstić information content (AvgIpc) is 3.58. The minimum atomic E-state index is -1.04. The van der Waals surface area contributed by atoms with E-state index in [4.69, 9.17) is 23.7 Å². The third-order valence-electron chi connectivity index (χ3n) is 8.88. The number of allylic oxidation sites excluding steroid dienone is 1. The number of methoxy groups -OCH3 is 3. The van der Waals surface area contributed by atoms with Crippen LogP contribution in [0.5, 0.6) is 23.0 Å². The minimum Gasteiger partial charge on any atom is -0.493 e. The van der Waals surface area contributed by atoms with Crippen LogP contribution >= 0.6 is 0 Å². The molecule has 222 valence electrons. The first-order chi connectivity index (χ1) is 20.9. The van der Waals surface area contributed by atoms with E-state index in [1.807, 2.05) is 66.5 Å². The summed E-state index contributed by atoms with van der Waals surface area (Å²) >= 11 is 0. The van der Waals surface area contributed by atoms with Gasteiger partial charge in [0.25, 0.3) is 0 Å². The highest BCUT2D eigenvalue weighted by Crippen LogP contribution is 2.62. The average molecular weight is 585 g/mol. The van der Waals surface area contributed by atoms with E-state index in [9.17, 15) is 9.59 Å². The Bertz CT molecular complexity index is 1670. The van der Waals surface area contributed by atoms with E-state index in [1.165, 1.54) is 7.11 Å². The number of fused-ring (bicyclic) bond motifs is 4. The molecule has 2 amide bonds. The number of anilines is 1. The second kappa shape index (κ2) is 10.1. The monoisotopic (exact) mass is 584 g/mol. The van der Waals surface area contributed by atoms with Gasteiger partial charge in [0, 0.05) is 35.6 Å². The van der Waals surface area contributed by atoms with Gasteiger partial charge in [0.1, 0.15) is 0 Å². The highest BCUT2D eigenvalue weighted by molar-refractivity contribution is 5.94. The van der Waals surface area contributed by atoms with Gasteiger partial charge in [0.2, 0.25) is 6.79 Å². The Morgan fingerprint density at radius 1 is 1.00 bits per heavy atom. The third-order valence-corrected chi connectivity index (χ3v) is 8.88. The van der Waals surface area contributed by atoms with Crippen LogP contribution in [0, 0.1) is 0 Å². The van der Waals surface area contributed by atoms with Crippen molar-refractivity contribution in [3.05, 3.63) is 88.1 Å². The van der Waals surface area contributed by atoms with Gasteiger partial charge in [-0.15, -0.1) is 0 Å². The zero-order chi connectivity index (χ0) is 29.9. The van der Waals surface area contributed by atoms with Crippen molar-refractivity contribution in [1.29, 1.82) is 0 Å². The van der Waals surface area contributed by atoms with Crippen molar-refractivity contribution in [3.8, 4) is 23.0 Å². The normalized spacial score (nSPS) is 21.3. The molecule has 0 saturated carbocycles. The number of nitrogens with zero attached hydrogens (tertiary/aromatic N) is 2. The van der Waals surface area contributed by atoms with Gasteiger partial charge in [-0.05, 0) is 54.8 Å². The van der Waals surface area contributed by atoms with E-state index in [1.54, 1.807) is 14.2 Å². The van der Waals surface area contributed by atoms with Crippen molar-refractivity contribution >= 4 is 17.7 Å². The Morgan fingerprint density at radius 2 is 1.77 bits per heavy atom. The zero-order valence-electron chi connectivity index (χ0n) is 24.4. The zero-order valence-corrected chi connectivity index (χ0v) is 24.4. The lowest BCUT2D eigenvalue weighted by atomic mass is 9.69. The van der Waals surface area contributed by atoms with Crippen molar-refractivity contribution in [1.82, 2.24) is 15.3 Å². The van der Waals surface area contributed by atoms with Gasteiger partial charge in [0.05, 0.1) is 32.8 Å². The number of esters is 1. The van der Waals surface area contributed by atoms with Crippen molar-refractivity contribution < 1.29 is 33.3 Å². The van der Waals surface area contributed by atoms with E-state index in [2.05, 4.69) is 15.6 Å². The van der Waals surface area contributed by atoms with Crippen LogP contribution in [-0.4, -0.2) is 56.6 Å². The molecule has 0 radical (unpaired) electrons. The van der Waals surface area contributed by atoms with E-state index in [-0.39, 0.29) is 6.79 Å². The van der Waals surface area contributed by atoms with Crippen LogP contribution < -0.4 is 29.7 Å². The van der Waals surface area contributed by atoms with Crippen LogP contribution in [-0.2, 0) is 28.2 Å². The molecule has 7 rings (SSSR count). The van der Waals surface area contributed by atoms with Crippen LogP contribution in [0.15, 0.2) is 65.9 Å². The number of hydrogen-bond acceptors (Lipinski definition) is 9. The summed E-state index contributed by atoms with van der Waals surface area (Å²) in [6.45, 7) is 3.07. The Labute approximate surface area is 248 Å². The molecule has 2 unspecified atom stereocenters. The predicted molar refractivity (Wildman–Crippen MR) is 156 cm³/mol. The molecule has 1 spiro atoms. The molecule has 3 aromatic rings. The largest absolute Gasteiger partial charge is 0.493 e. The smallest absolute Gasteiger partial charge is 0.338 e. The quantitative estimate of drug-likeness (QED) is 0.426. The molecule has 43 heavy (non-hydrogen) atoms. The van der Waals surface area contributed by atoms with E-state index < -0.39 is 23.6 Å². The van der Waals surface area contributed by atoms with Crippen molar-refractivity contribution in [3.63, 3.8) is 0 Å². The van der Waals surface area contributed by atoms with Crippen LogP contribution in [0.3, 0.4) is 0 Å². The van der Waals surface area contributed by atoms with Gasteiger partial charge in [-0.2, -0.15) is 0 Å². The molecule has 0 saturated heterocycles. The highest BCUT2D eigenvalue weighted by atomic mass is 16.7. The predicted octanol–water partition coefficient (Wildman–Crippen LogP) is 4.24. The molecule has 0 bridgehead atoms. The number of benzene rings is 3. The lowest BCUT2D eigenvalue weighted by Crippen LogP contribution is -2.66. The topological polar surface area (TPSA) is 111 Å². The maximum atomic E-state index is 13.7. The van der Waals surface area contributed by atoms with Crippen LogP contribution in [0.25, 0.3) is 0 Å². The molecule has 4 aliphatic heterocycles. The summed E-state index contributed by atoms with van der Waals surface area (Å²) in [5, 5.41) is 4.74. The standard InChI is InChI=1S/C32H32N4O7/c1-18-27(30(37)41-4)28-21-10-11-24(39-2)29(40-3)22(21)16-35-13-12-19-14-25-26(43-17-42-25)15-23(19)32(28,35)36(18)34-31(38)33-20-8-6-5-7-9-20/h5-11,14-15,28H,12-13,16-17H2,1-4H3,(H2,33,34,38). The third kappa shape index (κ3) is 3.84. The molecule has 11 nitrogen and oxygen atoms in total. The van der Waals surface area contributed by atoms with Crippen molar-refractivity contribution in [2.75, 3.05) is 40.0 Å². The molecular weight excluding hydrogens is 552 g/mol. The number of amides is 2. The van der Waals surface area contributed by atoms with Gasteiger partial charge < -0.3 is 29.0 Å². The minimum absolute atomic E-state index is 0.129. The fourth-order valence-electron chi connectivity index (χ4n) is 7.17. The van der Waals surface area contributed by atoms with Crippen LogP contribution in [0.4, 0.5) is 10.5 Å².